The van der Waals surface area contributed by atoms with Crippen LogP contribution in [0.25, 0.3) is 0 Å². The second kappa shape index (κ2) is 6.68. The predicted octanol–water partition coefficient (Wildman–Crippen LogP) is 4.43. The van der Waals surface area contributed by atoms with Crippen molar-refractivity contribution in [3.8, 4) is 0 Å². The van der Waals surface area contributed by atoms with Crippen LogP contribution in [0, 0.1) is 17.8 Å². The minimum Gasteiger partial charge on any atom is -0.269 e. The zero-order valence-corrected chi connectivity index (χ0v) is 14.9. The summed E-state index contributed by atoms with van der Waals surface area (Å²) < 4.78 is 0. The molecule has 0 spiro atoms. The molecule has 23 heavy (non-hydrogen) atoms. The highest BCUT2D eigenvalue weighted by atomic mass is 32.2. The number of amides is 2. The Labute approximate surface area is 142 Å². The Balaban J connectivity index is 1.68. The summed E-state index contributed by atoms with van der Waals surface area (Å²) in [5, 5.41) is 0.545. The Hall–Kier alpha value is -1.29. The van der Waals surface area contributed by atoms with E-state index in [4.69, 9.17) is 0 Å². The van der Waals surface area contributed by atoms with E-state index in [2.05, 4.69) is 20.8 Å². The van der Waals surface area contributed by atoms with Crippen LogP contribution in [0.3, 0.4) is 0 Å². The van der Waals surface area contributed by atoms with Crippen LogP contribution in [0.4, 0.5) is 0 Å². The monoisotopic (exact) mass is 331 g/mol. The lowest BCUT2D eigenvalue weighted by Crippen LogP contribution is -2.34. The van der Waals surface area contributed by atoms with Gasteiger partial charge in [-0.15, -0.1) is 11.8 Å². The molecule has 2 amide bonds. The molecule has 1 aromatic rings. The molecule has 1 heterocycles. The van der Waals surface area contributed by atoms with Crippen molar-refractivity contribution in [2.24, 2.45) is 17.8 Å². The molecule has 3 atom stereocenters. The third kappa shape index (κ3) is 3.18. The minimum absolute atomic E-state index is 0.136. The number of hydrogen-bond donors (Lipinski definition) is 0. The Morgan fingerprint density at radius 3 is 2.30 bits per heavy atom. The van der Waals surface area contributed by atoms with Gasteiger partial charge in [-0.05, 0) is 42.7 Å². The average molecular weight is 331 g/mol. The number of hydrogen-bond acceptors (Lipinski definition) is 3. The SMILES string of the molecule is CC(C)[C@@H]1CC[C@@H](C)C[C@@H]1SCN1C(=O)c2ccccc2C1=O. The summed E-state index contributed by atoms with van der Waals surface area (Å²) >= 11 is 1.80. The lowest BCUT2D eigenvalue weighted by atomic mass is 9.77. The summed E-state index contributed by atoms with van der Waals surface area (Å²) in [5.41, 5.74) is 1.10. The lowest BCUT2D eigenvalue weighted by Gasteiger charge is -2.37. The molecule has 1 saturated carbocycles. The highest BCUT2D eigenvalue weighted by Gasteiger charge is 2.37. The van der Waals surface area contributed by atoms with Crippen molar-refractivity contribution in [3.63, 3.8) is 0 Å². The van der Waals surface area contributed by atoms with Gasteiger partial charge in [0, 0.05) is 5.25 Å². The van der Waals surface area contributed by atoms with Gasteiger partial charge < -0.3 is 0 Å². The van der Waals surface area contributed by atoms with Crippen LogP contribution in [0.2, 0.25) is 0 Å². The molecular formula is C19H25NO2S. The highest BCUT2D eigenvalue weighted by Crippen LogP contribution is 2.40. The highest BCUT2D eigenvalue weighted by molar-refractivity contribution is 7.99. The van der Waals surface area contributed by atoms with Gasteiger partial charge in [0.1, 0.15) is 0 Å². The van der Waals surface area contributed by atoms with Crippen molar-refractivity contribution in [1.82, 2.24) is 4.90 Å². The minimum atomic E-state index is -0.136. The summed E-state index contributed by atoms with van der Waals surface area (Å²) in [6.07, 6.45) is 3.75. The lowest BCUT2D eigenvalue weighted by molar-refractivity contribution is 0.0683. The molecule has 1 aliphatic carbocycles. The first kappa shape index (κ1) is 16.6. The molecule has 0 N–H and O–H groups in total. The van der Waals surface area contributed by atoms with Gasteiger partial charge in [-0.25, -0.2) is 0 Å². The van der Waals surface area contributed by atoms with Gasteiger partial charge in [-0.1, -0.05) is 39.3 Å². The van der Waals surface area contributed by atoms with Gasteiger partial charge in [0.25, 0.3) is 11.8 Å². The maximum atomic E-state index is 12.5. The number of carbonyl (C=O) groups is 2. The van der Waals surface area contributed by atoms with Crippen LogP contribution in [0.15, 0.2) is 24.3 Å². The normalized spacial score (nSPS) is 27.7. The molecule has 124 valence electrons. The molecular weight excluding hydrogens is 306 g/mol. The largest absolute Gasteiger partial charge is 0.269 e. The van der Waals surface area contributed by atoms with Gasteiger partial charge in [-0.3, -0.25) is 14.5 Å². The first-order valence-electron chi connectivity index (χ1n) is 8.56. The summed E-state index contributed by atoms with van der Waals surface area (Å²) in [7, 11) is 0. The topological polar surface area (TPSA) is 37.4 Å². The predicted molar refractivity (Wildman–Crippen MR) is 94.5 cm³/mol. The van der Waals surface area contributed by atoms with Gasteiger partial charge in [0.05, 0.1) is 17.0 Å². The molecule has 1 aliphatic heterocycles. The Morgan fingerprint density at radius 2 is 1.74 bits per heavy atom. The number of rotatable bonds is 4. The number of benzene rings is 1. The zero-order valence-electron chi connectivity index (χ0n) is 14.1. The average Bonchev–Trinajstić information content (AvgIpc) is 2.77. The van der Waals surface area contributed by atoms with Crippen molar-refractivity contribution in [2.45, 2.75) is 45.3 Å². The number of imide groups is 1. The van der Waals surface area contributed by atoms with Crippen LogP contribution in [-0.4, -0.2) is 27.8 Å². The first-order chi connectivity index (χ1) is 11.0. The summed E-state index contributed by atoms with van der Waals surface area (Å²) in [5.74, 6) is 2.29. The van der Waals surface area contributed by atoms with Crippen LogP contribution >= 0.6 is 11.8 Å². The Morgan fingerprint density at radius 1 is 1.13 bits per heavy atom. The maximum Gasteiger partial charge on any atom is 0.262 e. The second-order valence-electron chi connectivity index (χ2n) is 7.24. The van der Waals surface area contributed by atoms with E-state index in [1.54, 1.807) is 23.9 Å². The van der Waals surface area contributed by atoms with Gasteiger partial charge in [-0.2, -0.15) is 0 Å². The van der Waals surface area contributed by atoms with E-state index in [0.29, 0.717) is 34.1 Å². The summed E-state index contributed by atoms with van der Waals surface area (Å²) in [4.78, 5) is 26.3. The molecule has 0 unspecified atom stereocenters. The molecule has 3 nitrogen and oxygen atoms in total. The number of thioether (sulfide) groups is 1. The zero-order chi connectivity index (χ0) is 16.6. The van der Waals surface area contributed by atoms with E-state index in [-0.39, 0.29) is 11.8 Å². The fourth-order valence-corrected chi connectivity index (χ4v) is 5.57. The quantitative estimate of drug-likeness (QED) is 0.766. The summed E-state index contributed by atoms with van der Waals surface area (Å²) in [6, 6.07) is 7.14. The van der Waals surface area contributed by atoms with E-state index in [1.807, 2.05) is 12.1 Å². The molecule has 4 heteroatoms. The van der Waals surface area contributed by atoms with Crippen molar-refractivity contribution < 1.29 is 9.59 Å². The third-order valence-corrected chi connectivity index (χ3v) is 6.63. The smallest absolute Gasteiger partial charge is 0.262 e. The van der Waals surface area contributed by atoms with Crippen molar-refractivity contribution >= 4 is 23.6 Å². The molecule has 1 fully saturated rings. The van der Waals surface area contributed by atoms with Crippen LogP contribution in [0.1, 0.15) is 60.7 Å². The molecule has 2 aliphatic rings. The molecule has 0 saturated heterocycles. The van der Waals surface area contributed by atoms with Gasteiger partial charge in [0.2, 0.25) is 0 Å². The van der Waals surface area contributed by atoms with Gasteiger partial charge in [0.15, 0.2) is 0 Å². The fourth-order valence-electron chi connectivity index (χ4n) is 3.83. The maximum absolute atomic E-state index is 12.5. The summed E-state index contributed by atoms with van der Waals surface area (Å²) in [6.45, 7) is 6.89. The fraction of sp³-hybridized carbons (Fsp3) is 0.579. The standard InChI is InChI=1S/C19H25NO2S/c1-12(2)14-9-8-13(3)10-17(14)23-11-20-18(21)15-6-4-5-7-16(15)19(20)22/h4-7,12-14,17H,8-11H2,1-3H3/t13-,14+,17+/m1/s1. The van der Waals surface area contributed by atoms with Crippen LogP contribution < -0.4 is 0 Å². The van der Waals surface area contributed by atoms with Crippen LogP contribution in [-0.2, 0) is 0 Å². The van der Waals surface area contributed by atoms with Crippen LogP contribution in [0.5, 0.6) is 0 Å². The molecule has 3 rings (SSSR count). The number of fused-ring (bicyclic) bond motifs is 1. The van der Waals surface area contributed by atoms with E-state index < -0.39 is 0 Å². The third-order valence-electron chi connectivity index (χ3n) is 5.26. The van der Waals surface area contributed by atoms with E-state index in [9.17, 15) is 9.59 Å². The van der Waals surface area contributed by atoms with E-state index in [1.165, 1.54) is 24.2 Å². The van der Waals surface area contributed by atoms with Crippen molar-refractivity contribution in [2.75, 3.05) is 5.88 Å². The number of nitrogens with zero attached hydrogens (tertiary/aromatic N) is 1. The van der Waals surface area contributed by atoms with Crippen molar-refractivity contribution in [3.05, 3.63) is 35.4 Å². The van der Waals surface area contributed by atoms with E-state index in [0.717, 1.165) is 5.92 Å². The molecule has 0 bridgehead atoms. The Kier molecular flexibility index (Phi) is 4.81. The van der Waals surface area contributed by atoms with E-state index >= 15 is 0 Å². The molecule has 0 aromatic heterocycles. The molecule has 0 radical (unpaired) electrons. The Bertz CT molecular complexity index is 578. The second-order valence-corrected chi connectivity index (χ2v) is 8.44. The first-order valence-corrected chi connectivity index (χ1v) is 9.60. The van der Waals surface area contributed by atoms with Crippen molar-refractivity contribution in [1.29, 1.82) is 0 Å². The molecule has 1 aromatic carbocycles. The number of carbonyl (C=O) groups excluding carboxylic acids is 2. The van der Waals surface area contributed by atoms with Gasteiger partial charge >= 0.3 is 0 Å².